The van der Waals surface area contributed by atoms with Crippen LogP contribution in [-0.4, -0.2) is 81.8 Å². The molecule has 1 aliphatic rings. The molecule has 338 valence electrons. The Bertz CT molecular complexity index is 1720. The number of pyridine rings is 1. The van der Waals surface area contributed by atoms with Crippen molar-refractivity contribution in [2.45, 2.75) is 104 Å². The molecule has 0 radical (unpaired) electrons. The van der Waals surface area contributed by atoms with Gasteiger partial charge in [-0.1, -0.05) is 52.0 Å². The van der Waals surface area contributed by atoms with Crippen molar-refractivity contribution in [3.63, 3.8) is 0 Å². The predicted molar refractivity (Wildman–Crippen MR) is 246 cm³/mol. The van der Waals surface area contributed by atoms with Crippen LogP contribution in [0.25, 0.3) is 5.57 Å². The number of nitrogens with one attached hydrogen (secondary N) is 4. The lowest BCUT2D eigenvalue weighted by Crippen LogP contribution is -2.28. The predicted octanol–water partition coefficient (Wildman–Crippen LogP) is 9.38. The number of aryl methyl sites for hydroxylation is 2. The topological polar surface area (TPSA) is 123 Å². The van der Waals surface area contributed by atoms with E-state index >= 15 is 4.39 Å². The quantitative estimate of drug-likeness (QED) is 0.0593. The minimum Gasteiger partial charge on any atom is -0.388 e. The lowest BCUT2D eigenvalue weighted by Gasteiger charge is -2.15. The molecule has 1 aromatic heterocycles. The summed E-state index contributed by atoms with van der Waals surface area (Å²) in [4.78, 5) is 29.2. The monoisotopic (exact) mass is 868 g/mol. The Morgan fingerprint density at radius 2 is 1.59 bits per heavy atom. The molecular weight excluding hydrogens is 797 g/mol. The number of aromatic nitrogens is 1. The number of amides is 2. The largest absolute Gasteiger partial charge is 0.388 e. The molecule has 0 saturated carbocycles. The zero-order valence-electron chi connectivity index (χ0n) is 36.9. The summed E-state index contributed by atoms with van der Waals surface area (Å²) in [5.41, 5.74) is 5.31. The number of benzene rings is 1. The Kier molecular flexibility index (Phi) is 26.0. The highest BCUT2D eigenvalue weighted by molar-refractivity contribution is 7.98. The van der Waals surface area contributed by atoms with Gasteiger partial charge in [-0.15, -0.1) is 0 Å². The summed E-state index contributed by atoms with van der Waals surface area (Å²) in [5.74, 6) is 2.03. The highest BCUT2D eigenvalue weighted by atomic mass is 32.2. The van der Waals surface area contributed by atoms with Crippen molar-refractivity contribution in [3.05, 3.63) is 101 Å². The first kappa shape index (κ1) is 51.3. The number of carbonyl (C=O) groups excluding carboxylic acids is 2. The molecule has 1 aliphatic heterocycles. The summed E-state index contributed by atoms with van der Waals surface area (Å²) < 4.78 is 46.1. The van der Waals surface area contributed by atoms with E-state index in [1.165, 1.54) is 18.2 Å². The number of hydrogen-bond acceptors (Lipinski definition) is 9. The van der Waals surface area contributed by atoms with Gasteiger partial charge in [-0.2, -0.15) is 11.8 Å². The Labute approximate surface area is 368 Å². The number of halogens is 2. The molecule has 10 nitrogen and oxygen atoms in total. The fourth-order valence-corrected chi connectivity index (χ4v) is 7.60. The Morgan fingerprint density at radius 1 is 0.885 bits per heavy atom. The molecular formula is C48H71F2N5O5S. The average molecular weight is 868 g/mol. The minimum atomic E-state index is -0.402. The lowest BCUT2D eigenvalue weighted by molar-refractivity contribution is -0.122. The average Bonchev–Trinajstić information content (AvgIpc) is 3.25. The molecule has 4 N–H and O–H groups in total. The summed E-state index contributed by atoms with van der Waals surface area (Å²) in [6.45, 7) is 18.9. The number of fused-ring (bicyclic) bond motifs is 3. The maximum atomic E-state index is 15.1. The second-order valence-electron chi connectivity index (χ2n) is 15.3. The molecule has 61 heavy (non-hydrogen) atoms. The molecule has 0 atom stereocenters. The molecule has 0 fully saturated rings. The summed E-state index contributed by atoms with van der Waals surface area (Å²) >= 11 is 1.71. The van der Waals surface area contributed by atoms with Gasteiger partial charge >= 0.3 is 0 Å². The summed E-state index contributed by atoms with van der Waals surface area (Å²) in [7, 11) is 0. The van der Waals surface area contributed by atoms with Crippen LogP contribution >= 0.6 is 11.8 Å². The van der Waals surface area contributed by atoms with Crippen LogP contribution in [0.3, 0.4) is 0 Å². The first-order chi connectivity index (χ1) is 29.6. The third kappa shape index (κ3) is 22.1. The number of anilines is 1. The van der Waals surface area contributed by atoms with Gasteiger partial charge in [0.2, 0.25) is 11.8 Å². The van der Waals surface area contributed by atoms with Gasteiger partial charge < -0.3 is 35.5 Å². The number of allylic oxidation sites excluding steroid dienone is 5. The van der Waals surface area contributed by atoms with Crippen LogP contribution in [0, 0.1) is 11.7 Å². The maximum Gasteiger partial charge on any atom is 0.222 e. The van der Waals surface area contributed by atoms with Crippen molar-refractivity contribution in [2.75, 3.05) is 70.3 Å². The van der Waals surface area contributed by atoms with Crippen LogP contribution in [0.2, 0.25) is 0 Å². The number of ether oxygens (including phenoxy) is 3. The molecule has 3 rings (SSSR count). The molecule has 0 aliphatic carbocycles. The van der Waals surface area contributed by atoms with Gasteiger partial charge in [0.05, 0.1) is 33.0 Å². The second-order valence-corrected chi connectivity index (χ2v) is 16.4. The molecule has 2 amide bonds. The molecule has 13 heteroatoms. The van der Waals surface area contributed by atoms with Gasteiger partial charge in [0.15, 0.2) is 0 Å². The Hall–Kier alpha value is -4.04. The third-order valence-electron chi connectivity index (χ3n) is 10.3. The fraction of sp³-hybridized carbons (Fsp3) is 0.562. The van der Waals surface area contributed by atoms with Gasteiger partial charge in [0.1, 0.15) is 17.5 Å². The van der Waals surface area contributed by atoms with Crippen molar-refractivity contribution in [1.82, 2.24) is 20.9 Å². The van der Waals surface area contributed by atoms with E-state index in [1.807, 2.05) is 6.07 Å². The Morgan fingerprint density at radius 3 is 2.34 bits per heavy atom. The lowest BCUT2D eigenvalue weighted by atomic mass is 9.94. The third-order valence-corrected chi connectivity index (χ3v) is 11.3. The fourth-order valence-electron chi connectivity index (χ4n) is 6.81. The van der Waals surface area contributed by atoms with Crippen LogP contribution in [0.4, 0.5) is 14.6 Å². The maximum absolute atomic E-state index is 15.1. The molecule has 1 aromatic carbocycles. The van der Waals surface area contributed by atoms with E-state index in [2.05, 4.69) is 54.3 Å². The van der Waals surface area contributed by atoms with E-state index in [1.54, 1.807) is 30.8 Å². The summed E-state index contributed by atoms with van der Waals surface area (Å²) in [6, 6.07) is 8.57. The van der Waals surface area contributed by atoms with Crippen LogP contribution in [0.5, 0.6) is 0 Å². The standard InChI is InChI=1S/C48H71F2N5O5S/c1-6-38(7-2)30-36(4)51-21-18-47(56)52-20-12-9-13-23-58-25-27-60-28-26-59-24-19-48(57)53-22-29-61-35-39-32-42-15-11-10-14-40-34-41(49)16-17-43(40)44(45(50)8-3)31-37(5)54-46(33-39)55-42/h8,16-17,31-34,38,51H,4-7,9-15,18-30,35H2,1-3H3,(H,52,56)(H,53,57)(H,54,55)/b44-31-,45-8+. The van der Waals surface area contributed by atoms with E-state index in [-0.39, 0.29) is 24.1 Å². The molecule has 2 heterocycles. The number of unbranched alkanes of at least 4 members (excludes halogenated alkanes) is 2. The van der Waals surface area contributed by atoms with E-state index in [0.29, 0.717) is 101 Å². The van der Waals surface area contributed by atoms with Gasteiger partial charge in [-0.25, -0.2) is 13.8 Å². The van der Waals surface area contributed by atoms with Gasteiger partial charge in [-0.05, 0) is 111 Å². The normalized spacial score (nSPS) is 14.2. The zero-order chi connectivity index (χ0) is 44.1. The number of carbonyl (C=O) groups is 2. The van der Waals surface area contributed by atoms with E-state index in [9.17, 15) is 14.0 Å². The van der Waals surface area contributed by atoms with Gasteiger partial charge in [-0.3, -0.25) is 9.59 Å². The second kappa shape index (κ2) is 30.9. The number of rotatable bonds is 29. The molecule has 0 saturated heterocycles. The molecule has 0 unspecified atom stereocenters. The highest BCUT2D eigenvalue weighted by Gasteiger charge is 2.15. The summed E-state index contributed by atoms with van der Waals surface area (Å²) in [5, 5.41) is 12.5. The first-order valence-corrected chi connectivity index (χ1v) is 23.3. The summed E-state index contributed by atoms with van der Waals surface area (Å²) in [6.07, 6.45) is 12.9. The van der Waals surface area contributed by atoms with E-state index < -0.39 is 5.83 Å². The van der Waals surface area contributed by atoms with E-state index in [4.69, 9.17) is 19.2 Å². The van der Waals surface area contributed by atoms with Crippen LogP contribution < -0.4 is 21.3 Å². The Balaban J connectivity index is 1.19. The van der Waals surface area contributed by atoms with Gasteiger partial charge in [0, 0.05) is 73.2 Å². The molecule has 2 aromatic rings. The van der Waals surface area contributed by atoms with Crippen LogP contribution in [-0.2, 0) is 42.4 Å². The van der Waals surface area contributed by atoms with Crippen molar-refractivity contribution in [2.24, 2.45) is 5.92 Å². The van der Waals surface area contributed by atoms with Crippen LogP contribution in [0.1, 0.15) is 107 Å². The van der Waals surface area contributed by atoms with Crippen LogP contribution in [0.15, 0.2) is 72.9 Å². The smallest absolute Gasteiger partial charge is 0.222 e. The van der Waals surface area contributed by atoms with Crippen molar-refractivity contribution >= 4 is 35.0 Å². The minimum absolute atomic E-state index is 0.0559. The SMILES string of the molecule is C=C1/C=C(\C(F)=C/C)c2ccc(F)cc2CCCCc2cc(CSCCNC(=O)CCOCCOCCOCCCCCNC(=O)CCNC(=C)CC(CC)CC)cc(n2)N1. The number of thioether (sulfide) groups is 1. The van der Waals surface area contributed by atoms with Crippen molar-refractivity contribution in [1.29, 1.82) is 0 Å². The molecule has 0 spiro atoms. The van der Waals surface area contributed by atoms with Crippen molar-refractivity contribution < 1.29 is 32.6 Å². The first-order valence-electron chi connectivity index (χ1n) is 22.2. The van der Waals surface area contributed by atoms with E-state index in [0.717, 1.165) is 91.8 Å². The highest BCUT2D eigenvalue weighted by Crippen LogP contribution is 2.31. The number of hydrogen-bond donors (Lipinski definition) is 4. The zero-order valence-corrected chi connectivity index (χ0v) is 37.8. The molecule has 2 bridgehead atoms. The van der Waals surface area contributed by atoms with Crippen molar-refractivity contribution in [3.8, 4) is 0 Å². The van der Waals surface area contributed by atoms with Gasteiger partial charge in [0.25, 0.3) is 0 Å². The number of nitrogens with zero attached hydrogens (tertiary/aromatic N) is 1.